The average Bonchev–Trinajstić information content (AvgIpc) is 3.10. The molecule has 0 bridgehead atoms. The largest absolute Gasteiger partial charge is 0.361 e. The van der Waals surface area contributed by atoms with Gasteiger partial charge in [-0.05, 0) is 26.7 Å². The van der Waals surface area contributed by atoms with Crippen LogP contribution in [0.15, 0.2) is 23.1 Å². The number of carbonyl (C=O) groups is 1. The molecule has 1 amide bonds. The van der Waals surface area contributed by atoms with E-state index in [9.17, 15) is 4.79 Å². The molecule has 3 heterocycles. The normalized spacial score (nSPS) is 18.2. The molecular formula is C15H18N4O2. The van der Waals surface area contributed by atoms with Crippen molar-refractivity contribution in [2.75, 3.05) is 6.54 Å². The number of hydrogen-bond donors (Lipinski definition) is 0. The lowest BCUT2D eigenvalue weighted by Crippen LogP contribution is -2.32. The molecule has 0 aliphatic carbocycles. The molecule has 1 saturated heterocycles. The van der Waals surface area contributed by atoms with E-state index in [-0.39, 0.29) is 11.9 Å². The van der Waals surface area contributed by atoms with Crippen molar-refractivity contribution >= 4 is 5.91 Å². The average molecular weight is 286 g/mol. The van der Waals surface area contributed by atoms with Crippen LogP contribution in [0.4, 0.5) is 0 Å². The van der Waals surface area contributed by atoms with Gasteiger partial charge in [-0.15, -0.1) is 0 Å². The van der Waals surface area contributed by atoms with Gasteiger partial charge in [-0.2, -0.15) is 0 Å². The lowest BCUT2D eigenvalue weighted by Gasteiger charge is -2.24. The zero-order valence-corrected chi connectivity index (χ0v) is 12.2. The van der Waals surface area contributed by atoms with E-state index in [2.05, 4.69) is 15.1 Å². The van der Waals surface area contributed by atoms with E-state index in [0.29, 0.717) is 6.42 Å². The zero-order valence-electron chi connectivity index (χ0n) is 12.2. The maximum Gasteiger partial charge on any atom is 0.227 e. The maximum absolute atomic E-state index is 12.6. The van der Waals surface area contributed by atoms with Crippen LogP contribution >= 0.6 is 0 Å². The summed E-state index contributed by atoms with van der Waals surface area (Å²) < 4.78 is 5.13. The second kappa shape index (κ2) is 5.63. The molecule has 0 saturated carbocycles. The Labute approximate surface area is 123 Å². The highest BCUT2D eigenvalue weighted by Gasteiger charge is 2.31. The van der Waals surface area contributed by atoms with Gasteiger partial charge in [-0.25, -0.2) is 0 Å². The van der Waals surface area contributed by atoms with Crippen LogP contribution in [0.3, 0.4) is 0 Å². The number of rotatable bonds is 3. The molecule has 6 nitrogen and oxygen atoms in total. The number of aromatic nitrogens is 3. The molecular weight excluding hydrogens is 268 g/mol. The van der Waals surface area contributed by atoms with Crippen molar-refractivity contribution in [3.63, 3.8) is 0 Å². The highest BCUT2D eigenvalue weighted by atomic mass is 16.5. The molecule has 0 unspecified atom stereocenters. The van der Waals surface area contributed by atoms with Crippen LogP contribution in [0.2, 0.25) is 0 Å². The van der Waals surface area contributed by atoms with Crippen molar-refractivity contribution in [2.24, 2.45) is 0 Å². The Bertz CT molecular complexity index is 619. The fourth-order valence-corrected chi connectivity index (χ4v) is 2.86. The summed E-state index contributed by atoms with van der Waals surface area (Å²) in [5.74, 6) is 0.814. The lowest BCUT2D eigenvalue weighted by atomic mass is 10.1. The minimum absolute atomic E-state index is 0.0340. The maximum atomic E-state index is 12.6. The van der Waals surface area contributed by atoms with Gasteiger partial charge >= 0.3 is 0 Å². The molecule has 6 heteroatoms. The fraction of sp³-hybridized carbons (Fsp3) is 0.467. The molecule has 0 aromatic carbocycles. The molecule has 0 spiro atoms. The summed E-state index contributed by atoms with van der Waals surface area (Å²) in [6.45, 7) is 4.47. The van der Waals surface area contributed by atoms with E-state index in [1.54, 1.807) is 18.6 Å². The molecule has 0 N–H and O–H groups in total. The Balaban J connectivity index is 1.78. The van der Waals surface area contributed by atoms with Crippen LogP contribution in [-0.2, 0) is 11.2 Å². The number of amides is 1. The Morgan fingerprint density at radius 1 is 1.43 bits per heavy atom. The summed E-state index contributed by atoms with van der Waals surface area (Å²) in [5, 5.41) is 3.90. The van der Waals surface area contributed by atoms with E-state index >= 15 is 0 Å². The van der Waals surface area contributed by atoms with Crippen LogP contribution in [0.25, 0.3) is 0 Å². The van der Waals surface area contributed by atoms with Crippen LogP contribution in [0.1, 0.15) is 41.6 Å². The number of hydrogen-bond acceptors (Lipinski definition) is 5. The first-order valence-corrected chi connectivity index (χ1v) is 7.14. The number of likely N-dealkylation sites (tertiary alicyclic amines) is 1. The monoisotopic (exact) mass is 286 g/mol. The smallest absolute Gasteiger partial charge is 0.227 e. The van der Waals surface area contributed by atoms with Gasteiger partial charge in [0, 0.05) is 24.5 Å². The lowest BCUT2D eigenvalue weighted by molar-refractivity contribution is -0.131. The second-order valence-corrected chi connectivity index (χ2v) is 5.35. The van der Waals surface area contributed by atoms with Gasteiger partial charge in [0.25, 0.3) is 0 Å². The highest BCUT2D eigenvalue weighted by Crippen LogP contribution is 2.31. The third-order valence-electron chi connectivity index (χ3n) is 4.01. The van der Waals surface area contributed by atoms with Crippen molar-refractivity contribution in [1.82, 2.24) is 20.0 Å². The molecule has 2 aromatic heterocycles. The van der Waals surface area contributed by atoms with Gasteiger partial charge in [0.05, 0.1) is 30.0 Å². The molecule has 2 aromatic rings. The van der Waals surface area contributed by atoms with E-state index < -0.39 is 0 Å². The van der Waals surface area contributed by atoms with Gasteiger partial charge in [0.1, 0.15) is 5.76 Å². The van der Waals surface area contributed by atoms with Crippen LogP contribution in [0, 0.1) is 13.8 Å². The van der Waals surface area contributed by atoms with Gasteiger partial charge in [-0.3, -0.25) is 14.8 Å². The van der Waals surface area contributed by atoms with Gasteiger partial charge in [-0.1, -0.05) is 5.16 Å². The third-order valence-corrected chi connectivity index (χ3v) is 4.01. The SMILES string of the molecule is Cc1noc(C)c1CC(=O)N1CCC[C@@H]1c1cnccn1. The van der Waals surface area contributed by atoms with E-state index in [0.717, 1.165) is 42.1 Å². The Morgan fingerprint density at radius 3 is 2.95 bits per heavy atom. The number of aryl methyl sites for hydroxylation is 2. The van der Waals surface area contributed by atoms with E-state index in [1.165, 1.54) is 0 Å². The number of nitrogens with zero attached hydrogens (tertiary/aromatic N) is 4. The van der Waals surface area contributed by atoms with Crippen molar-refractivity contribution in [1.29, 1.82) is 0 Å². The van der Waals surface area contributed by atoms with Crippen LogP contribution in [0.5, 0.6) is 0 Å². The van der Waals surface area contributed by atoms with Crippen molar-refractivity contribution in [3.8, 4) is 0 Å². The Hall–Kier alpha value is -2.24. The molecule has 1 aliphatic heterocycles. The van der Waals surface area contributed by atoms with Crippen molar-refractivity contribution < 1.29 is 9.32 Å². The predicted molar refractivity (Wildman–Crippen MR) is 75.4 cm³/mol. The topological polar surface area (TPSA) is 72.1 Å². The first kappa shape index (κ1) is 13.7. The van der Waals surface area contributed by atoms with Gasteiger partial charge in [0.15, 0.2) is 0 Å². The van der Waals surface area contributed by atoms with Crippen LogP contribution in [-0.4, -0.2) is 32.5 Å². The summed E-state index contributed by atoms with van der Waals surface area (Å²) in [6.07, 6.45) is 7.32. The summed E-state index contributed by atoms with van der Waals surface area (Å²) in [4.78, 5) is 22.9. The summed E-state index contributed by atoms with van der Waals surface area (Å²) in [6, 6.07) is 0.0340. The van der Waals surface area contributed by atoms with E-state index in [4.69, 9.17) is 4.52 Å². The summed E-state index contributed by atoms with van der Waals surface area (Å²) in [7, 11) is 0. The van der Waals surface area contributed by atoms with Gasteiger partial charge < -0.3 is 9.42 Å². The van der Waals surface area contributed by atoms with Gasteiger partial charge in [0.2, 0.25) is 5.91 Å². The molecule has 3 rings (SSSR count). The summed E-state index contributed by atoms with van der Waals surface area (Å²) in [5.41, 5.74) is 2.54. The van der Waals surface area contributed by atoms with E-state index in [1.807, 2.05) is 18.7 Å². The van der Waals surface area contributed by atoms with Crippen LogP contribution < -0.4 is 0 Å². The molecule has 1 fully saturated rings. The summed E-state index contributed by atoms with van der Waals surface area (Å²) >= 11 is 0. The quantitative estimate of drug-likeness (QED) is 0.862. The molecule has 1 atom stereocenters. The minimum Gasteiger partial charge on any atom is -0.361 e. The Morgan fingerprint density at radius 2 is 2.29 bits per heavy atom. The molecule has 1 aliphatic rings. The first-order chi connectivity index (χ1) is 10.2. The van der Waals surface area contributed by atoms with Crippen molar-refractivity contribution in [3.05, 3.63) is 41.3 Å². The predicted octanol–water partition coefficient (Wildman–Crippen LogP) is 1.99. The minimum atomic E-state index is 0.0340. The number of carbonyl (C=O) groups excluding carboxylic acids is 1. The molecule has 110 valence electrons. The second-order valence-electron chi connectivity index (χ2n) is 5.35. The zero-order chi connectivity index (χ0) is 14.8. The molecule has 21 heavy (non-hydrogen) atoms. The standard InChI is InChI=1S/C15H18N4O2/c1-10-12(11(2)21-18-10)8-15(20)19-7-3-4-14(19)13-9-16-5-6-17-13/h5-6,9,14H,3-4,7-8H2,1-2H3/t14-/m1/s1. The van der Waals surface area contributed by atoms with Crippen molar-refractivity contribution in [2.45, 2.75) is 39.2 Å². The first-order valence-electron chi connectivity index (χ1n) is 7.14. The Kier molecular flexibility index (Phi) is 3.68. The fourth-order valence-electron chi connectivity index (χ4n) is 2.86. The molecule has 0 radical (unpaired) electrons. The third kappa shape index (κ3) is 2.66. The highest BCUT2D eigenvalue weighted by molar-refractivity contribution is 5.80.